The van der Waals surface area contributed by atoms with E-state index in [1.54, 1.807) is 12.1 Å². The lowest BCUT2D eigenvalue weighted by molar-refractivity contribution is -0.256. The lowest BCUT2D eigenvalue weighted by Crippen LogP contribution is -2.22. The summed E-state index contributed by atoms with van der Waals surface area (Å²) in [5.74, 6) is -2.53. The predicted molar refractivity (Wildman–Crippen MR) is 75.9 cm³/mol. The zero-order valence-corrected chi connectivity index (χ0v) is 12.5. The smallest absolute Gasteiger partial charge is 0.157 e. The minimum absolute atomic E-state index is 0.0399. The van der Waals surface area contributed by atoms with E-state index in [1.807, 2.05) is 0 Å². The van der Waals surface area contributed by atoms with Crippen LogP contribution in [0.15, 0.2) is 36.4 Å². The molecule has 0 aromatic heterocycles. The molecule has 2 aromatic rings. The average molecular weight is 339 g/mol. The Morgan fingerprint density at radius 2 is 1.41 bits per heavy atom. The van der Waals surface area contributed by atoms with Crippen LogP contribution >= 0.6 is 23.2 Å². The van der Waals surface area contributed by atoms with E-state index in [0.717, 1.165) is 0 Å². The van der Waals surface area contributed by atoms with Crippen molar-refractivity contribution in [1.29, 1.82) is 0 Å². The first-order chi connectivity index (χ1) is 10.4. The molecular weight excluding hydrogens is 331 g/mol. The van der Waals surface area contributed by atoms with E-state index in [4.69, 9.17) is 27.9 Å². The van der Waals surface area contributed by atoms with Crippen LogP contribution in [-0.4, -0.2) is 11.9 Å². The molecule has 114 valence electrons. The van der Waals surface area contributed by atoms with Gasteiger partial charge in [0.05, 0.1) is 22.0 Å². The number of carboxylic acids is 2. The van der Waals surface area contributed by atoms with Crippen molar-refractivity contribution in [1.82, 2.24) is 0 Å². The molecule has 7 heteroatoms. The first kappa shape index (κ1) is 16.1. The molecule has 0 saturated carbocycles. The third-order valence-corrected chi connectivity index (χ3v) is 3.37. The van der Waals surface area contributed by atoms with Gasteiger partial charge in [-0.05, 0) is 23.3 Å². The van der Waals surface area contributed by atoms with Crippen molar-refractivity contribution in [3.63, 3.8) is 0 Å². The normalized spacial score (nSPS) is 10.3. The molecule has 0 unspecified atom stereocenters. The SMILES string of the molecule is O=C([O-])c1ccc(COc2c(Cl)cc(C(=O)[O-])cc2Cl)cc1. The first-order valence-electron chi connectivity index (χ1n) is 6.02. The summed E-state index contributed by atoms with van der Waals surface area (Å²) in [6.45, 7) is 0.0808. The van der Waals surface area contributed by atoms with Gasteiger partial charge in [-0.1, -0.05) is 47.5 Å². The van der Waals surface area contributed by atoms with E-state index >= 15 is 0 Å². The van der Waals surface area contributed by atoms with Crippen LogP contribution < -0.4 is 14.9 Å². The van der Waals surface area contributed by atoms with Crippen molar-refractivity contribution < 1.29 is 24.5 Å². The Kier molecular flexibility index (Phi) is 4.90. The summed E-state index contributed by atoms with van der Waals surface area (Å²) in [6.07, 6.45) is 0. The van der Waals surface area contributed by atoms with Gasteiger partial charge in [0.15, 0.2) is 5.75 Å². The van der Waals surface area contributed by atoms with Crippen molar-refractivity contribution >= 4 is 35.1 Å². The highest BCUT2D eigenvalue weighted by atomic mass is 35.5. The molecule has 2 rings (SSSR count). The van der Waals surface area contributed by atoms with Gasteiger partial charge in [-0.3, -0.25) is 0 Å². The van der Waals surface area contributed by atoms with Crippen LogP contribution in [0.3, 0.4) is 0 Å². The molecule has 5 nitrogen and oxygen atoms in total. The fourth-order valence-electron chi connectivity index (χ4n) is 1.71. The Balaban J connectivity index is 2.14. The summed E-state index contributed by atoms with van der Waals surface area (Å²) in [4.78, 5) is 21.4. The number of benzene rings is 2. The van der Waals surface area contributed by atoms with Gasteiger partial charge in [0.2, 0.25) is 0 Å². The monoisotopic (exact) mass is 338 g/mol. The largest absolute Gasteiger partial charge is 0.545 e. The summed E-state index contributed by atoms with van der Waals surface area (Å²) >= 11 is 11.9. The van der Waals surface area contributed by atoms with Crippen LogP contribution in [0.25, 0.3) is 0 Å². The number of rotatable bonds is 5. The van der Waals surface area contributed by atoms with E-state index in [0.29, 0.717) is 5.56 Å². The molecule has 0 atom stereocenters. The maximum Gasteiger partial charge on any atom is 0.157 e. The maximum atomic E-state index is 10.8. The quantitative estimate of drug-likeness (QED) is 0.819. The molecule has 0 aliphatic carbocycles. The number of carbonyl (C=O) groups excluding carboxylic acids is 2. The first-order valence-corrected chi connectivity index (χ1v) is 6.77. The number of halogens is 2. The number of carboxylic acid groups (broad SMARTS) is 2. The van der Waals surface area contributed by atoms with Gasteiger partial charge >= 0.3 is 0 Å². The second-order valence-corrected chi connectivity index (χ2v) is 5.14. The molecular formula is C15H8Cl2O5-2. The van der Waals surface area contributed by atoms with Gasteiger partial charge in [0.25, 0.3) is 0 Å². The molecule has 0 fully saturated rings. The summed E-state index contributed by atoms with van der Waals surface area (Å²) in [6, 6.07) is 8.24. The van der Waals surface area contributed by atoms with Crippen molar-refractivity contribution in [3.05, 3.63) is 63.1 Å². The van der Waals surface area contributed by atoms with Crippen LogP contribution in [0.2, 0.25) is 10.0 Å². The molecule has 0 aliphatic rings. The fourth-order valence-corrected chi connectivity index (χ4v) is 2.30. The molecule has 0 radical (unpaired) electrons. The van der Waals surface area contributed by atoms with Crippen LogP contribution in [-0.2, 0) is 6.61 Å². The second-order valence-electron chi connectivity index (χ2n) is 4.33. The third-order valence-electron chi connectivity index (χ3n) is 2.81. The Labute approximate surface area is 135 Å². The van der Waals surface area contributed by atoms with Crippen LogP contribution in [0.4, 0.5) is 0 Å². The molecule has 0 amide bonds. The summed E-state index contributed by atoms with van der Waals surface area (Å²) in [5.41, 5.74) is 0.583. The minimum Gasteiger partial charge on any atom is -0.545 e. The highest BCUT2D eigenvalue weighted by molar-refractivity contribution is 6.37. The van der Waals surface area contributed by atoms with Gasteiger partial charge in [-0.25, -0.2) is 0 Å². The van der Waals surface area contributed by atoms with E-state index < -0.39 is 11.9 Å². The van der Waals surface area contributed by atoms with E-state index in [2.05, 4.69) is 0 Å². The van der Waals surface area contributed by atoms with E-state index in [9.17, 15) is 19.8 Å². The molecule has 2 aromatic carbocycles. The zero-order chi connectivity index (χ0) is 16.3. The number of carbonyl (C=O) groups is 2. The number of hydrogen-bond acceptors (Lipinski definition) is 5. The highest BCUT2D eigenvalue weighted by Crippen LogP contribution is 2.34. The van der Waals surface area contributed by atoms with Gasteiger partial charge in [0, 0.05) is 5.56 Å². The van der Waals surface area contributed by atoms with Gasteiger partial charge in [-0.15, -0.1) is 0 Å². The van der Waals surface area contributed by atoms with E-state index in [1.165, 1.54) is 24.3 Å². The third kappa shape index (κ3) is 3.69. The molecule has 0 saturated heterocycles. The Hall–Kier alpha value is -2.24. The topological polar surface area (TPSA) is 89.5 Å². The van der Waals surface area contributed by atoms with E-state index in [-0.39, 0.29) is 33.5 Å². The standard InChI is InChI=1S/C15H10Cl2O5/c16-11-5-10(15(20)21)6-12(17)13(11)22-7-8-1-3-9(4-2-8)14(18)19/h1-6H,7H2,(H,18,19)(H,20,21)/p-2. The van der Waals surface area contributed by atoms with Crippen molar-refractivity contribution in [2.45, 2.75) is 6.61 Å². The Bertz CT molecular complexity index is 702. The maximum absolute atomic E-state index is 10.8. The Morgan fingerprint density at radius 3 is 1.86 bits per heavy atom. The molecule has 0 bridgehead atoms. The number of ether oxygens (including phenoxy) is 1. The van der Waals surface area contributed by atoms with Crippen LogP contribution in [0, 0.1) is 0 Å². The fraction of sp³-hybridized carbons (Fsp3) is 0.0667. The zero-order valence-electron chi connectivity index (χ0n) is 11.0. The summed E-state index contributed by atoms with van der Waals surface area (Å²) < 4.78 is 5.45. The molecule has 0 heterocycles. The number of aromatic carboxylic acids is 2. The lowest BCUT2D eigenvalue weighted by atomic mass is 10.1. The minimum atomic E-state index is -1.40. The van der Waals surface area contributed by atoms with Crippen molar-refractivity contribution in [2.24, 2.45) is 0 Å². The van der Waals surface area contributed by atoms with Gasteiger partial charge in [0.1, 0.15) is 6.61 Å². The second kappa shape index (κ2) is 6.68. The number of hydrogen-bond donors (Lipinski definition) is 0. The highest BCUT2D eigenvalue weighted by Gasteiger charge is 2.10. The molecule has 22 heavy (non-hydrogen) atoms. The summed E-state index contributed by atoms with van der Waals surface area (Å²) in [5, 5.41) is 21.5. The van der Waals surface area contributed by atoms with Crippen molar-refractivity contribution in [2.75, 3.05) is 0 Å². The van der Waals surface area contributed by atoms with Crippen molar-refractivity contribution in [3.8, 4) is 5.75 Å². The summed E-state index contributed by atoms with van der Waals surface area (Å²) in [7, 11) is 0. The lowest BCUT2D eigenvalue weighted by Gasteiger charge is -2.12. The average Bonchev–Trinajstić information content (AvgIpc) is 2.46. The Morgan fingerprint density at radius 1 is 0.909 bits per heavy atom. The molecule has 0 N–H and O–H groups in total. The molecule has 0 aliphatic heterocycles. The molecule has 0 spiro atoms. The predicted octanol–water partition coefficient (Wildman–Crippen LogP) is 1.30. The van der Waals surface area contributed by atoms with Crippen LogP contribution in [0.5, 0.6) is 5.75 Å². The van der Waals surface area contributed by atoms with Crippen LogP contribution in [0.1, 0.15) is 26.3 Å². The van der Waals surface area contributed by atoms with Gasteiger partial charge in [-0.2, -0.15) is 0 Å². The van der Waals surface area contributed by atoms with Gasteiger partial charge < -0.3 is 24.5 Å².